The zero-order chi connectivity index (χ0) is 46.7. The lowest BCUT2D eigenvalue weighted by Crippen LogP contribution is -2.10. The van der Waals surface area contributed by atoms with Gasteiger partial charge in [0.15, 0.2) is 0 Å². The molecule has 0 unspecified atom stereocenters. The van der Waals surface area contributed by atoms with Gasteiger partial charge in [-0.3, -0.25) is 0 Å². The van der Waals surface area contributed by atoms with E-state index in [4.69, 9.17) is 9.47 Å². The van der Waals surface area contributed by atoms with E-state index >= 15 is 0 Å². The van der Waals surface area contributed by atoms with Crippen LogP contribution in [0, 0.1) is 0 Å². The van der Waals surface area contributed by atoms with E-state index in [1.165, 1.54) is 86.9 Å². The normalized spacial score (nSPS) is 11.7. The molecule has 4 nitrogen and oxygen atoms in total. The molecule has 0 aromatic heterocycles. The van der Waals surface area contributed by atoms with Crippen LogP contribution < -0.4 is 19.3 Å². The maximum Gasteiger partial charge on any atom is 0.119 e. The van der Waals surface area contributed by atoms with Crippen LogP contribution in [0.5, 0.6) is 11.5 Å². The molecule has 0 fully saturated rings. The van der Waals surface area contributed by atoms with Gasteiger partial charge in [-0.1, -0.05) is 146 Å². The third kappa shape index (κ3) is 6.52. The molecule has 0 aliphatic heterocycles. The van der Waals surface area contributed by atoms with Gasteiger partial charge in [0.25, 0.3) is 0 Å². The number of rotatable bonds is 12. The number of benzene rings is 11. The second-order valence-corrected chi connectivity index (χ2v) is 17.9. The summed E-state index contributed by atoms with van der Waals surface area (Å²) in [5, 5.41) is 15.0. The van der Waals surface area contributed by atoms with Gasteiger partial charge in [-0.2, -0.15) is 0 Å². The quantitative estimate of drug-likeness (QED) is 0.122. The Morgan fingerprint density at radius 2 is 0.586 bits per heavy atom. The summed E-state index contributed by atoms with van der Waals surface area (Å²) >= 11 is 0. The standard InChI is InChI=1S/C66H48N2O2/c1-3-69-49-35-31-47(32-36-49)67(45-23-13-7-14-24-45)57-41-39-55-61-51(57)27-17-29-53(61)63-59(43-19-9-5-10-20-43)66-56-40-42-58(68(46-25-15-8-16-26-46)48-33-37-50(38-34-48)70-4-2)52-28-18-30-54(62(52)56)64(66)60(65(55)63)44-21-11-6-12-22-44/h5-42H,3-4H2,1-2H3. The molecule has 0 radical (unpaired) electrons. The van der Waals surface area contributed by atoms with Crippen LogP contribution in [0.15, 0.2) is 231 Å². The maximum absolute atomic E-state index is 5.91. The fourth-order valence-corrected chi connectivity index (χ4v) is 11.3. The molecule has 13 rings (SSSR count). The van der Waals surface area contributed by atoms with Gasteiger partial charge in [-0.25, -0.2) is 0 Å². The molecule has 0 heterocycles. The van der Waals surface area contributed by atoms with Crippen LogP contribution in [0.2, 0.25) is 0 Å². The van der Waals surface area contributed by atoms with E-state index in [1.807, 2.05) is 13.8 Å². The Bertz CT molecular complexity index is 3670. The number of hydrogen-bond acceptors (Lipinski definition) is 4. The molecule has 0 bridgehead atoms. The SMILES string of the molecule is CCOc1ccc(N(c2ccccc2)c2ccc3c4c(-c5ccccc5)c5c6cccc7c(N(c8ccccc8)c8ccc(OCC)cc8)ccc(c5c(-c5ccccc5)c4c4cccc2c43)c76)cc1. The number of anilines is 6. The molecule has 334 valence electrons. The molecular formula is C66H48N2O2. The van der Waals surface area contributed by atoms with E-state index in [9.17, 15) is 0 Å². The average molecular weight is 901 g/mol. The summed E-state index contributed by atoms with van der Waals surface area (Å²) in [6.45, 7) is 5.29. The average Bonchev–Trinajstić information content (AvgIpc) is 3.93. The third-order valence-electron chi connectivity index (χ3n) is 14.1. The lowest BCUT2D eigenvalue weighted by molar-refractivity contribution is 0.340. The first-order valence-electron chi connectivity index (χ1n) is 24.3. The van der Waals surface area contributed by atoms with Crippen molar-refractivity contribution in [1.29, 1.82) is 0 Å². The molecule has 0 amide bonds. The van der Waals surface area contributed by atoms with Gasteiger partial charge in [0.2, 0.25) is 0 Å². The smallest absolute Gasteiger partial charge is 0.119 e. The minimum absolute atomic E-state index is 0.621. The van der Waals surface area contributed by atoms with Crippen molar-refractivity contribution in [1.82, 2.24) is 0 Å². The van der Waals surface area contributed by atoms with Crippen LogP contribution in [0.4, 0.5) is 34.1 Å². The second kappa shape index (κ2) is 17.0. The fraction of sp³-hybridized carbons (Fsp3) is 0.0606. The van der Waals surface area contributed by atoms with E-state index < -0.39 is 0 Å². The molecule has 0 aliphatic rings. The summed E-state index contributed by atoms with van der Waals surface area (Å²) in [6.07, 6.45) is 0. The van der Waals surface area contributed by atoms with E-state index in [0.29, 0.717) is 13.2 Å². The Kier molecular flexibility index (Phi) is 10.1. The van der Waals surface area contributed by atoms with Gasteiger partial charge < -0.3 is 19.3 Å². The van der Waals surface area contributed by atoms with Gasteiger partial charge in [0, 0.05) is 33.5 Å². The number of fused-ring (bicyclic) bond motifs is 6. The molecule has 0 aliphatic carbocycles. The van der Waals surface area contributed by atoms with Gasteiger partial charge in [-0.05, 0) is 175 Å². The predicted molar refractivity (Wildman–Crippen MR) is 296 cm³/mol. The Morgan fingerprint density at radius 1 is 0.271 bits per heavy atom. The van der Waals surface area contributed by atoms with Gasteiger partial charge >= 0.3 is 0 Å². The van der Waals surface area contributed by atoms with E-state index in [-0.39, 0.29) is 0 Å². The summed E-state index contributed by atoms with van der Waals surface area (Å²) < 4.78 is 11.8. The first-order valence-corrected chi connectivity index (χ1v) is 24.3. The van der Waals surface area contributed by atoms with Gasteiger partial charge in [0.1, 0.15) is 11.5 Å². The lowest BCUT2D eigenvalue weighted by Gasteiger charge is -2.27. The minimum atomic E-state index is 0.621. The monoisotopic (exact) mass is 900 g/mol. The Hall–Kier alpha value is -8.86. The molecule has 70 heavy (non-hydrogen) atoms. The van der Waals surface area contributed by atoms with Crippen molar-refractivity contribution in [3.8, 4) is 33.8 Å². The maximum atomic E-state index is 5.91. The van der Waals surface area contributed by atoms with Crippen LogP contribution in [-0.4, -0.2) is 13.2 Å². The van der Waals surface area contributed by atoms with Crippen LogP contribution >= 0.6 is 0 Å². The molecule has 0 saturated heterocycles. The van der Waals surface area contributed by atoms with E-state index in [0.717, 1.165) is 45.6 Å². The molecule has 13 aromatic carbocycles. The highest BCUT2D eigenvalue weighted by Gasteiger charge is 2.29. The lowest BCUT2D eigenvalue weighted by atomic mass is 9.87. The summed E-state index contributed by atoms with van der Waals surface area (Å²) in [4.78, 5) is 4.77. The molecule has 0 N–H and O–H groups in total. The molecule has 0 saturated carbocycles. The highest BCUT2D eigenvalue weighted by molar-refractivity contribution is 6.47. The largest absolute Gasteiger partial charge is 0.494 e. The van der Waals surface area contributed by atoms with E-state index in [1.54, 1.807) is 0 Å². The molecule has 4 heteroatoms. The fourth-order valence-electron chi connectivity index (χ4n) is 11.3. The van der Waals surface area contributed by atoms with Crippen molar-refractivity contribution in [3.63, 3.8) is 0 Å². The van der Waals surface area contributed by atoms with Crippen molar-refractivity contribution >= 4 is 98.8 Å². The summed E-state index contributed by atoms with van der Waals surface area (Å²) in [6, 6.07) is 83.9. The van der Waals surface area contributed by atoms with Crippen LogP contribution in [-0.2, 0) is 0 Å². The first-order chi connectivity index (χ1) is 34.7. The van der Waals surface area contributed by atoms with Crippen molar-refractivity contribution < 1.29 is 9.47 Å². The number of nitrogens with zero attached hydrogens (tertiary/aromatic N) is 2. The van der Waals surface area contributed by atoms with Crippen LogP contribution in [0.3, 0.4) is 0 Å². The molecule has 0 spiro atoms. The number of para-hydroxylation sites is 2. The van der Waals surface area contributed by atoms with Crippen molar-refractivity contribution in [2.24, 2.45) is 0 Å². The van der Waals surface area contributed by atoms with Gasteiger partial charge in [0.05, 0.1) is 24.6 Å². The van der Waals surface area contributed by atoms with Gasteiger partial charge in [-0.15, -0.1) is 0 Å². The Labute approximate surface area is 407 Å². The van der Waals surface area contributed by atoms with Crippen LogP contribution in [0.25, 0.3) is 86.9 Å². The molecule has 13 aromatic rings. The third-order valence-corrected chi connectivity index (χ3v) is 14.1. The summed E-state index contributed by atoms with van der Waals surface area (Å²) in [5.74, 6) is 1.72. The van der Waals surface area contributed by atoms with Crippen molar-refractivity contribution in [2.45, 2.75) is 13.8 Å². The zero-order valence-corrected chi connectivity index (χ0v) is 39.1. The predicted octanol–water partition coefficient (Wildman–Crippen LogP) is 18.6. The highest BCUT2D eigenvalue weighted by atomic mass is 16.5. The summed E-state index contributed by atoms with van der Waals surface area (Å²) in [7, 11) is 0. The minimum Gasteiger partial charge on any atom is -0.494 e. The Morgan fingerprint density at radius 3 is 0.943 bits per heavy atom. The number of ether oxygens (including phenoxy) is 2. The van der Waals surface area contributed by atoms with Crippen molar-refractivity contribution in [3.05, 3.63) is 231 Å². The summed E-state index contributed by atoms with van der Waals surface area (Å²) in [5.41, 5.74) is 11.5. The topological polar surface area (TPSA) is 24.9 Å². The highest BCUT2D eigenvalue weighted by Crippen LogP contribution is 2.57. The molecular weight excluding hydrogens is 853 g/mol. The van der Waals surface area contributed by atoms with E-state index in [2.05, 4.69) is 240 Å². The number of hydrogen-bond donors (Lipinski definition) is 0. The van der Waals surface area contributed by atoms with Crippen LogP contribution in [0.1, 0.15) is 13.8 Å². The first kappa shape index (κ1) is 41.3. The zero-order valence-electron chi connectivity index (χ0n) is 39.1. The Balaban J connectivity index is 1.16. The second-order valence-electron chi connectivity index (χ2n) is 17.9. The molecule has 0 atom stereocenters. The van der Waals surface area contributed by atoms with Crippen molar-refractivity contribution in [2.75, 3.05) is 23.0 Å².